The third-order valence-corrected chi connectivity index (χ3v) is 4.66. The number of nitrogens with two attached hydrogens (primary N) is 1. The molecule has 138 valence electrons. The van der Waals surface area contributed by atoms with Crippen LogP contribution in [-0.4, -0.2) is 54.3 Å². The first-order valence-corrected chi connectivity index (χ1v) is 9.13. The molecule has 0 unspecified atom stereocenters. The molecule has 1 aromatic carbocycles. The van der Waals surface area contributed by atoms with Crippen LogP contribution in [0.25, 0.3) is 0 Å². The van der Waals surface area contributed by atoms with Crippen LogP contribution in [0.5, 0.6) is 0 Å². The Bertz CT molecular complexity index is 604. The van der Waals surface area contributed by atoms with Gasteiger partial charge in [-0.3, -0.25) is 9.59 Å². The number of carbonyl (C=O) groups excluding carboxylic acids is 2. The number of hydrogen-bond acceptors (Lipinski definition) is 3. The maximum atomic E-state index is 13.9. The molecule has 2 N–H and O–H groups in total. The number of halogens is 2. The smallest absolute Gasteiger partial charge is 0.256 e. The highest BCUT2D eigenvalue weighted by molar-refractivity contribution is 6.30. The fraction of sp³-hybridized carbons (Fsp3) is 0.556. The number of rotatable bonds is 7. The molecule has 1 heterocycles. The first-order valence-electron chi connectivity index (χ1n) is 8.75. The van der Waals surface area contributed by atoms with E-state index in [2.05, 4.69) is 0 Å². The van der Waals surface area contributed by atoms with Gasteiger partial charge in [-0.2, -0.15) is 0 Å². The number of hydrogen-bond donors (Lipinski definition) is 1. The summed E-state index contributed by atoms with van der Waals surface area (Å²) in [5.74, 6) is -0.853. The summed E-state index contributed by atoms with van der Waals surface area (Å²) in [4.78, 5) is 28.0. The van der Waals surface area contributed by atoms with Crippen LogP contribution in [0.1, 0.15) is 42.5 Å². The molecule has 1 fully saturated rings. The molecule has 1 saturated heterocycles. The van der Waals surface area contributed by atoms with E-state index >= 15 is 0 Å². The van der Waals surface area contributed by atoms with Crippen molar-refractivity contribution in [3.05, 3.63) is 34.6 Å². The molecule has 2 rings (SSSR count). The standard InChI is InChI=1S/C18H25ClFN3O2/c19-14-6-7-15(16(20)13-14)18(25)23-11-9-22(10-12-23)17(24)5-3-1-2-4-8-21/h6-7,13H,1-5,8-12,21H2. The minimum absolute atomic E-state index is 0.0177. The molecular formula is C18H25ClFN3O2. The van der Waals surface area contributed by atoms with E-state index in [0.717, 1.165) is 31.7 Å². The topological polar surface area (TPSA) is 66.6 Å². The van der Waals surface area contributed by atoms with Crippen molar-refractivity contribution in [3.63, 3.8) is 0 Å². The lowest BCUT2D eigenvalue weighted by molar-refractivity contribution is -0.132. The monoisotopic (exact) mass is 369 g/mol. The van der Waals surface area contributed by atoms with Gasteiger partial charge in [-0.15, -0.1) is 0 Å². The van der Waals surface area contributed by atoms with Gasteiger partial charge >= 0.3 is 0 Å². The predicted molar refractivity (Wildman–Crippen MR) is 96.0 cm³/mol. The Morgan fingerprint density at radius 1 is 1.04 bits per heavy atom. The first-order chi connectivity index (χ1) is 12.0. The number of nitrogens with zero attached hydrogens (tertiary/aromatic N) is 2. The van der Waals surface area contributed by atoms with Gasteiger partial charge in [0.05, 0.1) is 5.56 Å². The van der Waals surface area contributed by atoms with Crippen LogP contribution in [0, 0.1) is 5.82 Å². The van der Waals surface area contributed by atoms with Gasteiger partial charge in [0.25, 0.3) is 5.91 Å². The van der Waals surface area contributed by atoms with Crippen molar-refractivity contribution >= 4 is 23.4 Å². The van der Waals surface area contributed by atoms with Crippen molar-refractivity contribution in [1.82, 2.24) is 9.80 Å². The Hall–Kier alpha value is -1.66. The molecule has 5 nitrogen and oxygen atoms in total. The van der Waals surface area contributed by atoms with Crippen molar-refractivity contribution in [2.24, 2.45) is 5.73 Å². The Morgan fingerprint density at radius 3 is 2.32 bits per heavy atom. The van der Waals surface area contributed by atoms with Gasteiger partial charge in [-0.05, 0) is 37.6 Å². The molecule has 7 heteroatoms. The molecule has 1 aliphatic heterocycles. The van der Waals surface area contributed by atoms with E-state index in [0.29, 0.717) is 39.1 Å². The van der Waals surface area contributed by atoms with E-state index in [4.69, 9.17) is 17.3 Å². The Morgan fingerprint density at radius 2 is 1.68 bits per heavy atom. The number of unbranched alkanes of at least 4 members (excludes halogenated alkanes) is 3. The van der Waals surface area contributed by atoms with Crippen LogP contribution >= 0.6 is 11.6 Å². The summed E-state index contributed by atoms with van der Waals surface area (Å²) in [7, 11) is 0. The van der Waals surface area contributed by atoms with Gasteiger partial charge in [0.15, 0.2) is 0 Å². The van der Waals surface area contributed by atoms with Gasteiger partial charge < -0.3 is 15.5 Å². The van der Waals surface area contributed by atoms with E-state index in [9.17, 15) is 14.0 Å². The van der Waals surface area contributed by atoms with Crippen LogP contribution in [0.15, 0.2) is 18.2 Å². The van der Waals surface area contributed by atoms with Crippen LogP contribution < -0.4 is 5.73 Å². The second-order valence-electron chi connectivity index (χ2n) is 6.25. The second kappa shape index (κ2) is 9.73. The SMILES string of the molecule is NCCCCCCC(=O)N1CCN(C(=O)c2ccc(Cl)cc2F)CC1. The van der Waals surface area contributed by atoms with Gasteiger partial charge in [0, 0.05) is 37.6 Å². The molecule has 0 atom stereocenters. The summed E-state index contributed by atoms with van der Waals surface area (Å²) in [5.41, 5.74) is 5.46. The van der Waals surface area contributed by atoms with Gasteiger partial charge in [0.1, 0.15) is 5.82 Å². The summed E-state index contributed by atoms with van der Waals surface area (Å²) in [5, 5.41) is 0.260. The van der Waals surface area contributed by atoms with E-state index in [1.165, 1.54) is 12.1 Å². The predicted octanol–water partition coefficient (Wildman–Crippen LogP) is 2.67. The lowest BCUT2D eigenvalue weighted by Gasteiger charge is -2.35. The number of benzene rings is 1. The van der Waals surface area contributed by atoms with Crippen molar-refractivity contribution in [1.29, 1.82) is 0 Å². The van der Waals surface area contributed by atoms with Crippen LogP contribution in [0.4, 0.5) is 4.39 Å². The zero-order valence-corrected chi connectivity index (χ0v) is 15.1. The maximum absolute atomic E-state index is 13.9. The Labute approximate surface area is 152 Å². The quantitative estimate of drug-likeness (QED) is 0.751. The molecule has 0 saturated carbocycles. The average Bonchev–Trinajstić information content (AvgIpc) is 2.61. The normalized spacial score (nSPS) is 14.7. The molecule has 1 aromatic rings. The maximum Gasteiger partial charge on any atom is 0.256 e. The highest BCUT2D eigenvalue weighted by Gasteiger charge is 2.26. The van der Waals surface area contributed by atoms with Crippen molar-refractivity contribution in [3.8, 4) is 0 Å². The number of carbonyl (C=O) groups is 2. The summed E-state index contributed by atoms with van der Waals surface area (Å²) in [6.07, 6.45) is 4.46. The number of amides is 2. The second-order valence-corrected chi connectivity index (χ2v) is 6.69. The van der Waals surface area contributed by atoms with Gasteiger partial charge in [0.2, 0.25) is 5.91 Å². The molecule has 2 amide bonds. The highest BCUT2D eigenvalue weighted by Crippen LogP contribution is 2.17. The van der Waals surface area contributed by atoms with E-state index in [-0.39, 0.29) is 22.4 Å². The van der Waals surface area contributed by atoms with E-state index in [1.807, 2.05) is 0 Å². The van der Waals surface area contributed by atoms with Crippen LogP contribution in [-0.2, 0) is 4.79 Å². The molecule has 0 aromatic heterocycles. The molecule has 25 heavy (non-hydrogen) atoms. The Balaban J connectivity index is 1.78. The molecule has 1 aliphatic rings. The molecule has 0 bridgehead atoms. The van der Waals surface area contributed by atoms with Gasteiger partial charge in [-0.1, -0.05) is 24.4 Å². The molecule has 0 radical (unpaired) electrons. The lowest BCUT2D eigenvalue weighted by atomic mass is 10.1. The fourth-order valence-electron chi connectivity index (χ4n) is 2.92. The average molecular weight is 370 g/mol. The largest absolute Gasteiger partial charge is 0.339 e. The minimum atomic E-state index is -0.617. The van der Waals surface area contributed by atoms with Gasteiger partial charge in [-0.25, -0.2) is 4.39 Å². The van der Waals surface area contributed by atoms with Crippen molar-refractivity contribution < 1.29 is 14.0 Å². The molecular weight excluding hydrogens is 345 g/mol. The molecule has 0 spiro atoms. The fourth-order valence-corrected chi connectivity index (χ4v) is 3.08. The third kappa shape index (κ3) is 5.68. The van der Waals surface area contributed by atoms with Crippen molar-refractivity contribution in [2.75, 3.05) is 32.7 Å². The van der Waals surface area contributed by atoms with E-state index in [1.54, 1.807) is 9.80 Å². The summed E-state index contributed by atoms with van der Waals surface area (Å²) >= 11 is 5.72. The summed E-state index contributed by atoms with van der Waals surface area (Å²) in [6.45, 7) is 2.50. The highest BCUT2D eigenvalue weighted by atomic mass is 35.5. The zero-order valence-electron chi connectivity index (χ0n) is 14.3. The van der Waals surface area contributed by atoms with Crippen LogP contribution in [0.2, 0.25) is 5.02 Å². The number of piperazine rings is 1. The first kappa shape index (κ1) is 19.7. The third-order valence-electron chi connectivity index (χ3n) is 4.43. The van der Waals surface area contributed by atoms with Crippen LogP contribution in [0.3, 0.4) is 0 Å². The minimum Gasteiger partial charge on any atom is -0.339 e. The Kier molecular flexibility index (Phi) is 7.65. The molecule has 0 aliphatic carbocycles. The zero-order chi connectivity index (χ0) is 18.2. The van der Waals surface area contributed by atoms with Crippen molar-refractivity contribution in [2.45, 2.75) is 32.1 Å². The van der Waals surface area contributed by atoms with E-state index < -0.39 is 5.82 Å². The summed E-state index contributed by atoms with van der Waals surface area (Å²) in [6, 6.07) is 4.04. The lowest BCUT2D eigenvalue weighted by Crippen LogP contribution is -2.50. The summed E-state index contributed by atoms with van der Waals surface area (Å²) < 4.78 is 13.9.